The topological polar surface area (TPSA) is 140 Å². The maximum atomic E-state index is 12.9. The zero-order valence-electron chi connectivity index (χ0n) is 31.1. The predicted octanol–water partition coefficient (Wildman–Crippen LogP) is 5.77. The Bertz CT molecular complexity index is 2240. The highest BCUT2D eigenvalue weighted by molar-refractivity contribution is 7.21. The number of fused-ring (bicyclic) bond motifs is 2. The van der Waals surface area contributed by atoms with E-state index in [0.717, 1.165) is 54.4 Å². The van der Waals surface area contributed by atoms with Crippen LogP contribution in [-0.2, 0) is 36.8 Å². The first kappa shape index (κ1) is 37.8. The van der Waals surface area contributed by atoms with Crippen molar-refractivity contribution in [1.29, 1.82) is 0 Å². The van der Waals surface area contributed by atoms with Crippen LogP contribution in [0.3, 0.4) is 0 Å². The number of nitrogens with zero attached hydrogens (tertiary/aromatic N) is 4. The minimum Gasteiger partial charge on any atom is -0.491 e. The number of carbonyl (C=O) groups is 4. The maximum Gasteiger partial charge on any atom is 0.255 e. The van der Waals surface area contributed by atoms with Gasteiger partial charge in [-0.15, -0.1) is 11.3 Å². The summed E-state index contributed by atoms with van der Waals surface area (Å²) in [5.41, 5.74) is 7.60. The number of Topliss-reactive ketones (excluding diaryl/α,β-unsaturated/α-hetero) is 1. The van der Waals surface area contributed by atoms with Crippen LogP contribution in [0, 0.1) is 6.92 Å². The van der Waals surface area contributed by atoms with Crippen molar-refractivity contribution in [3.8, 4) is 27.4 Å². The fraction of sp³-hybridized carbons (Fsp3) is 0.333. The summed E-state index contributed by atoms with van der Waals surface area (Å²) in [5.74, 6) is 0.660. The summed E-state index contributed by atoms with van der Waals surface area (Å²) in [6.07, 6.45) is 3.08. The quantitative estimate of drug-likeness (QED) is 0.0973. The van der Waals surface area contributed by atoms with Crippen molar-refractivity contribution in [3.63, 3.8) is 0 Å². The van der Waals surface area contributed by atoms with Gasteiger partial charge in [0.15, 0.2) is 0 Å². The highest BCUT2D eigenvalue weighted by atomic mass is 32.1. The van der Waals surface area contributed by atoms with Crippen LogP contribution in [0.5, 0.6) is 5.75 Å². The molecule has 0 saturated carbocycles. The lowest BCUT2D eigenvalue weighted by atomic mass is 10.0. The number of anilines is 1. The number of hydrogen-bond acceptors (Lipinski definition) is 11. The van der Waals surface area contributed by atoms with Gasteiger partial charge in [0.25, 0.3) is 5.91 Å². The van der Waals surface area contributed by atoms with Crippen molar-refractivity contribution in [1.82, 2.24) is 20.2 Å². The van der Waals surface area contributed by atoms with E-state index in [4.69, 9.17) is 19.2 Å². The Morgan fingerprint density at radius 3 is 2.45 bits per heavy atom. The number of aryl methyl sites for hydroxylation is 1. The van der Waals surface area contributed by atoms with Gasteiger partial charge in [0, 0.05) is 62.8 Å². The van der Waals surface area contributed by atoms with Crippen molar-refractivity contribution in [3.05, 3.63) is 95.2 Å². The summed E-state index contributed by atoms with van der Waals surface area (Å²) in [6.45, 7) is 4.09. The molecule has 12 nitrogen and oxygen atoms in total. The highest BCUT2D eigenvalue weighted by Gasteiger charge is 2.39. The fourth-order valence-electron chi connectivity index (χ4n) is 6.78. The molecule has 4 heterocycles. The van der Waals surface area contributed by atoms with E-state index in [0.29, 0.717) is 70.2 Å². The second kappa shape index (κ2) is 16.9. The van der Waals surface area contributed by atoms with Gasteiger partial charge < -0.3 is 24.0 Å². The molecule has 0 aliphatic carbocycles. The van der Waals surface area contributed by atoms with Gasteiger partial charge in [-0.3, -0.25) is 24.5 Å². The van der Waals surface area contributed by atoms with Crippen molar-refractivity contribution in [2.75, 3.05) is 52.0 Å². The molecule has 2 aromatic heterocycles. The number of nitrogens with one attached hydrogen (secondary N) is 1. The SMILES string of the molecule is Cc1cc(-c2ccc(N(C)C)nc2)ccc1-c1nc2ccc(CC(=O)CCOCCOCCOc3ccc4c(c3)CN(C3CCC(=O)NC3=O)C4=O)cc2s1. The number of ketones is 1. The van der Waals surface area contributed by atoms with Gasteiger partial charge in [-0.25, -0.2) is 9.97 Å². The molecule has 3 aromatic carbocycles. The van der Waals surface area contributed by atoms with E-state index in [1.807, 2.05) is 43.4 Å². The average Bonchev–Trinajstić information content (AvgIpc) is 3.74. The number of rotatable bonds is 16. The van der Waals surface area contributed by atoms with E-state index >= 15 is 0 Å². The largest absolute Gasteiger partial charge is 0.491 e. The third-order valence-corrected chi connectivity index (χ3v) is 10.8. The molecule has 7 rings (SSSR count). The van der Waals surface area contributed by atoms with Crippen molar-refractivity contribution in [2.45, 2.75) is 45.2 Å². The number of aromatic nitrogens is 2. The molecule has 0 spiro atoms. The Morgan fingerprint density at radius 2 is 1.69 bits per heavy atom. The number of amides is 3. The first-order chi connectivity index (χ1) is 26.6. The molecule has 2 aliphatic rings. The second-order valence-electron chi connectivity index (χ2n) is 13.9. The summed E-state index contributed by atoms with van der Waals surface area (Å²) >= 11 is 1.63. The van der Waals surface area contributed by atoms with Gasteiger partial charge in [0.2, 0.25) is 11.8 Å². The van der Waals surface area contributed by atoms with Gasteiger partial charge in [-0.1, -0.05) is 24.3 Å². The molecule has 1 saturated heterocycles. The van der Waals surface area contributed by atoms with Crippen molar-refractivity contribution in [2.24, 2.45) is 0 Å². The number of pyridine rings is 1. The molecule has 5 aromatic rings. The summed E-state index contributed by atoms with van der Waals surface area (Å²) in [6, 6.07) is 21.1. The van der Waals surface area contributed by atoms with Gasteiger partial charge in [0.05, 0.1) is 36.6 Å². The summed E-state index contributed by atoms with van der Waals surface area (Å²) < 4.78 is 18.1. The van der Waals surface area contributed by atoms with Gasteiger partial charge >= 0.3 is 0 Å². The first-order valence-corrected chi connectivity index (χ1v) is 19.2. The molecule has 13 heteroatoms. The van der Waals surface area contributed by atoms with Crippen molar-refractivity contribution >= 4 is 50.9 Å². The molecular formula is C42H43N5O7S. The lowest BCUT2D eigenvalue weighted by Crippen LogP contribution is -2.52. The van der Waals surface area contributed by atoms with E-state index in [-0.39, 0.29) is 24.0 Å². The lowest BCUT2D eigenvalue weighted by Gasteiger charge is -2.29. The zero-order valence-corrected chi connectivity index (χ0v) is 31.9. The standard InChI is InChI=1S/C42H43N5O7S/c1-26-20-28(29-6-12-38(43-24-29)46(2)3)5-8-33(26)41-44-35-10-4-27(22-37(35)55-41)21-31(48)14-15-52-16-17-53-18-19-54-32-7-9-34-30(23-32)25-47(42(34)51)36-11-13-39(49)45-40(36)50/h4-10,12,20,22-24,36H,11,13-19,21,25H2,1-3H3,(H,45,49,50). The van der Waals surface area contributed by atoms with Crippen LogP contribution in [0.4, 0.5) is 5.82 Å². The van der Waals surface area contributed by atoms with E-state index in [1.165, 1.54) is 4.90 Å². The highest BCUT2D eigenvalue weighted by Crippen LogP contribution is 2.35. The minimum atomic E-state index is -0.652. The van der Waals surface area contributed by atoms with Crippen LogP contribution in [0.1, 0.15) is 46.3 Å². The van der Waals surface area contributed by atoms with Crippen molar-refractivity contribution < 1.29 is 33.4 Å². The molecule has 0 radical (unpaired) electrons. The molecule has 0 bridgehead atoms. The van der Waals surface area contributed by atoms with Gasteiger partial charge in [-0.2, -0.15) is 0 Å². The smallest absolute Gasteiger partial charge is 0.255 e. The third kappa shape index (κ3) is 8.91. The number of carbonyl (C=O) groups excluding carboxylic acids is 4. The number of thiazole rings is 1. The van der Waals surface area contributed by atoms with E-state index in [1.54, 1.807) is 29.5 Å². The molecule has 1 N–H and O–H groups in total. The molecule has 1 unspecified atom stereocenters. The first-order valence-electron chi connectivity index (χ1n) is 18.3. The van der Waals surface area contributed by atoms with Crippen LogP contribution in [0.2, 0.25) is 0 Å². The average molecular weight is 762 g/mol. The monoisotopic (exact) mass is 761 g/mol. The molecule has 3 amide bonds. The van der Waals surface area contributed by atoms with Crippen LogP contribution >= 0.6 is 11.3 Å². The van der Waals surface area contributed by atoms with Crippen LogP contribution in [0.15, 0.2) is 72.9 Å². The number of ether oxygens (including phenoxy) is 3. The zero-order chi connectivity index (χ0) is 38.5. The molecule has 1 atom stereocenters. The Balaban J connectivity index is 0.798. The number of imide groups is 1. The second-order valence-corrected chi connectivity index (χ2v) is 14.9. The van der Waals surface area contributed by atoms with E-state index in [9.17, 15) is 19.2 Å². The molecule has 55 heavy (non-hydrogen) atoms. The summed E-state index contributed by atoms with van der Waals surface area (Å²) in [5, 5.41) is 3.26. The normalized spacial score (nSPS) is 15.4. The summed E-state index contributed by atoms with van der Waals surface area (Å²) in [7, 11) is 3.95. The number of piperidine rings is 1. The summed E-state index contributed by atoms with van der Waals surface area (Å²) in [4.78, 5) is 62.3. The Kier molecular flexibility index (Phi) is 11.6. The Hall–Kier alpha value is -5.50. The Morgan fingerprint density at radius 1 is 0.909 bits per heavy atom. The third-order valence-electron chi connectivity index (χ3n) is 9.74. The van der Waals surface area contributed by atoms with Crippen LogP contribution in [-0.4, -0.2) is 91.5 Å². The maximum absolute atomic E-state index is 12.9. The Labute approximate surface area is 323 Å². The molecule has 284 valence electrons. The van der Waals surface area contributed by atoms with Gasteiger partial charge in [0.1, 0.15) is 35.0 Å². The molecule has 2 aliphatic heterocycles. The van der Waals surface area contributed by atoms with Crippen LogP contribution < -0.4 is 15.0 Å². The molecule has 1 fully saturated rings. The minimum absolute atomic E-state index is 0.106. The number of benzene rings is 3. The van der Waals surface area contributed by atoms with Crippen LogP contribution in [0.25, 0.3) is 31.9 Å². The fourth-order valence-corrected chi connectivity index (χ4v) is 7.90. The number of hydrogen-bond donors (Lipinski definition) is 1. The van der Waals surface area contributed by atoms with E-state index in [2.05, 4.69) is 47.6 Å². The lowest BCUT2D eigenvalue weighted by molar-refractivity contribution is -0.137. The molecular weight excluding hydrogens is 719 g/mol. The van der Waals surface area contributed by atoms with Gasteiger partial charge in [-0.05, 0) is 78.1 Å². The predicted molar refractivity (Wildman–Crippen MR) is 210 cm³/mol. The van der Waals surface area contributed by atoms with E-state index < -0.39 is 11.9 Å².